The summed E-state index contributed by atoms with van der Waals surface area (Å²) in [7, 11) is 0. The smallest absolute Gasteiger partial charge is 0.352 e. The van der Waals surface area contributed by atoms with Crippen molar-refractivity contribution in [3.8, 4) is 5.75 Å². The van der Waals surface area contributed by atoms with Gasteiger partial charge in [0, 0.05) is 35.6 Å². The van der Waals surface area contributed by atoms with Gasteiger partial charge in [0.25, 0.3) is 11.8 Å². The van der Waals surface area contributed by atoms with Crippen molar-refractivity contribution in [2.45, 2.75) is 57.7 Å². The molecule has 6 rings (SSSR count). The van der Waals surface area contributed by atoms with Gasteiger partial charge in [0.15, 0.2) is 6.61 Å². The summed E-state index contributed by atoms with van der Waals surface area (Å²) in [6.07, 6.45) is 3.92. The lowest BCUT2D eigenvalue weighted by molar-refractivity contribution is -0.138. The molecule has 3 N–H and O–H groups in total. The van der Waals surface area contributed by atoms with E-state index in [0.29, 0.717) is 58.4 Å². The minimum absolute atomic E-state index is 0.197. The number of carbonyl (C=O) groups excluding carboxylic acids is 4. The Balaban J connectivity index is 1.32. The van der Waals surface area contributed by atoms with Gasteiger partial charge in [0.1, 0.15) is 23.7 Å². The van der Waals surface area contributed by atoms with Crippen LogP contribution in [0.4, 0.5) is 5.69 Å². The van der Waals surface area contributed by atoms with E-state index in [1.807, 2.05) is 18.2 Å². The molecule has 0 bridgehead atoms. The standard InChI is InChI=1S/C43H42Cl2N4O7/c1-28(50)46-24-23-43(21-5-6-22-43)42(55)47-36(41(53)54)25-29-11-19-34(20-12-29)48-39(31-13-17-33(45)18-14-31)49(38(51)27-56-35-7-3-2-4-8-35)37(40(48)52)26-30-9-15-32(44)16-10-30/h2-4,7-20,25,37,39H,5-6,21-24,26-27H2,1H3,(H,46,50)(H,47,55)(H,53,54). The maximum atomic E-state index is 14.6. The van der Waals surface area contributed by atoms with Crippen LogP contribution < -0.4 is 20.3 Å². The molecule has 4 aromatic carbocycles. The van der Waals surface area contributed by atoms with Crippen molar-refractivity contribution in [2.24, 2.45) is 5.41 Å². The number of carboxylic acids is 1. The van der Waals surface area contributed by atoms with Crippen molar-refractivity contribution in [1.29, 1.82) is 0 Å². The Morgan fingerprint density at radius 1 is 0.875 bits per heavy atom. The monoisotopic (exact) mass is 796 g/mol. The van der Waals surface area contributed by atoms with E-state index in [9.17, 15) is 29.1 Å². The van der Waals surface area contributed by atoms with Crippen LogP contribution in [0.2, 0.25) is 10.0 Å². The first kappa shape index (κ1) is 40.0. The highest BCUT2D eigenvalue weighted by molar-refractivity contribution is 6.30. The molecule has 4 aromatic rings. The van der Waals surface area contributed by atoms with Crippen molar-refractivity contribution in [1.82, 2.24) is 15.5 Å². The minimum Gasteiger partial charge on any atom is -0.484 e. The summed E-state index contributed by atoms with van der Waals surface area (Å²) in [6.45, 7) is 1.40. The van der Waals surface area contributed by atoms with Gasteiger partial charge in [-0.3, -0.25) is 24.1 Å². The van der Waals surface area contributed by atoms with Crippen LogP contribution >= 0.6 is 23.2 Å². The zero-order valence-corrected chi connectivity index (χ0v) is 32.3. The molecule has 290 valence electrons. The fourth-order valence-corrected chi connectivity index (χ4v) is 7.66. The van der Waals surface area contributed by atoms with E-state index in [4.69, 9.17) is 27.9 Å². The molecule has 0 aromatic heterocycles. The largest absolute Gasteiger partial charge is 0.484 e. The minimum atomic E-state index is -1.31. The summed E-state index contributed by atoms with van der Waals surface area (Å²) < 4.78 is 5.88. The van der Waals surface area contributed by atoms with Gasteiger partial charge in [0.2, 0.25) is 11.8 Å². The third-order valence-corrected chi connectivity index (χ3v) is 10.8. The third-order valence-electron chi connectivity index (χ3n) is 10.3. The fourth-order valence-electron chi connectivity index (χ4n) is 7.41. The summed E-state index contributed by atoms with van der Waals surface area (Å²) in [5.41, 5.74) is 1.25. The number of benzene rings is 4. The van der Waals surface area contributed by atoms with E-state index in [1.165, 1.54) is 13.0 Å². The maximum Gasteiger partial charge on any atom is 0.352 e. The first-order chi connectivity index (χ1) is 26.9. The second kappa shape index (κ2) is 17.9. The summed E-state index contributed by atoms with van der Waals surface area (Å²) >= 11 is 12.4. The van der Waals surface area contributed by atoms with E-state index in [-0.39, 0.29) is 30.5 Å². The zero-order chi connectivity index (χ0) is 39.8. The van der Waals surface area contributed by atoms with Crippen LogP contribution in [-0.2, 0) is 30.4 Å². The van der Waals surface area contributed by atoms with Crippen LogP contribution in [0.15, 0.2) is 109 Å². The Labute approximate surface area is 335 Å². The lowest BCUT2D eigenvalue weighted by Crippen LogP contribution is -2.43. The SMILES string of the molecule is CC(=O)NCCC1(C(=O)NC(=Cc2ccc(N3C(=O)C(Cc4ccc(Cl)cc4)N(C(=O)COc4ccccc4)C3c3ccc(Cl)cc3)cc2)C(=O)O)CCCC1. The number of nitrogens with zero attached hydrogens (tertiary/aromatic N) is 2. The van der Waals surface area contributed by atoms with Crippen LogP contribution in [0, 0.1) is 5.41 Å². The van der Waals surface area contributed by atoms with Crippen LogP contribution in [-0.4, -0.2) is 58.8 Å². The Bertz CT molecular complexity index is 2090. The van der Waals surface area contributed by atoms with Gasteiger partial charge in [-0.2, -0.15) is 0 Å². The molecule has 2 aliphatic rings. The average Bonchev–Trinajstić information content (AvgIpc) is 3.78. The van der Waals surface area contributed by atoms with E-state index in [0.717, 1.165) is 18.4 Å². The predicted octanol–water partition coefficient (Wildman–Crippen LogP) is 7.19. The van der Waals surface area contributed by atoms with Gasteiger partial charge in [-0.25, -0.2) is 4.79 Å². The molecular weight excluding hydrogens is 755 g/mol. The van der Waals surface area contributed by atoms with Crippen LogP contribution in [0.5, 0.6) is 5.75 Å². The number of carboxylic acid groups (broad SMARTS) is 1. The highest BCUT2D eigenvalue weighted by Gasteiger charge is 2.50. The average molecular weight is 798 g/mol. The van der Waals surface area contributed by atoms with Gasteiger partial charge in [-0.05, 0) is 90.6 Å². The predicted molar refractivity (Wildman–Crippen MR) is 214 cm³/mol. The van der Waals surface area contributed by atoms with Crippen molar-refractivity contribution in [3.05, 3.63) is 136 Å². The number of aliphatic carboxylic acids is 1. The number of halogens is 2. The molecule has 1 aliphatic heterocycles. The Morgan fingerprint density at radius 2 is 1.50 bits per heavy atom. The van der Waals surface area contributed by atoms with Gasteiger partial charge < -0.3 is 25.4 Å². The number of rotatable bonds is 14. The molecule has 1 saturated carbocycles. The molecule has 1 saturated heterocycles. The number of ether oxygens (including phenoxy) is 1. The highest BCUT2D eigenvalue weighted by Crippen LogP contribution is 2.42. The number of hydrogen-bond donors (Lipinski definition) is 3. The number of anilines is 1. The highest BCUT2D eigenvalue weighted by atomic mass is 35.5. The number of amides is 4. The summed E-state index contributed by atoms with van der Waals surface area (Å²) in [5.74, 6) is -2.15. The van der Waals surface area contributed by atoms with E-state index in [1.54, 1.807) is 94.7 Å². The number of hydrogen-bond acceptors (Lipinski definition) is 6. The first-order valence-corrected chi connectivity index (χ1v) is 19.1. The summed E-state index contributed by atoms with van der Waals surface area (Å²) in [5, 5.41) is 16.5. The van der Waals surface area contributed by atoms with Crippen LogP contribution in [0.3, 0.4) is 0 Å². The molecule has 2 atom stereocenters. The first-order valence-electron chi connectivity index (χ1n) is 18.4. The molecule has 4 amide bonds. The number of para-hydroxylation sites is 1. The van der Waals surface area contributed by atoms with Crippen molar-refractivity contribution in [3.63, 3.8) is 0 Å². The Morgan fingerprint density at radius 3 is 2.11 bits per heavy atom. The topological polar surface area (TPSA) is 145 Å². The second-order valence-corrected chi connectivity index (χ2v) is 14.9. The fraction of sp³-hybridized carbons (Fsp3) is 0.279. The molecule has 0 radical (unpaired) electrons. The Hall–Kier alpha value is -5.65. The lowest BCUT2D eigenvalue weighted by Gasteiger charge is -2.32. The van der Waals surface area contributed by atoms with Gasteiger partial charge in [-0.15, -0.1) is 0 Å². The molecule has 1 heterocycles. The van der Waals surface area contributed by atoms with Crippen molar-refractivity contribution in [2.75, 3.05) is 18.1 Å². The summed E-state index contributed by atoms with van der Waals surface area (Å²) in [6, 6.07) is 28.7. The van der Waals surface area contributed by atoms with Crippen molar-refractivity contribution >= 4 is 64.6 Å². The van der Waals surface area contributed by atoms with Gasteiger partial charge in [0.05, 0.1) is 5.41 Å². The number of carbonyl (C=O) groups is 5. The number of nitrogens with one attached hydrogen (secondary N) is 2. The van der Waals surface area contributed by atoms with E-state index in [2.05, 4.69) is 10.6 Å². The normalized spacial score (nSPS) is 17.8. The van der Waals surface area contributed by atoms with Crippen molar-refractivity contribution < 1.29 is 33.8 Å². The van der Waals surface area contributed by atoms with Gasteiger partial charge in [-0.1, -0.05) is 90.6 Å². The molecule has 13 heteroatoms. The summed E-state index contributed by atoms with van der Waals surface area (Å²) in [4.78, 5) is 69.4. The molecule has 1 aliphatic carbocycles. The van der Waals surface area contributed by atoms with Gasteiger partial charge >= 0.3 is 5.97 Å². The quantitative estimate of drug-likeness (QED) is 0.115. The second-order valence-electron chi connectivity index (χ2n) is 14.0. The van der Waals surface area contributed by atoms with Crippen LogP contribution in [0.25, 0.3) is 6.08 Å². The lowest BCUT2D eigenvalue weighted by atomic mass is 9.81. The van der Waals surface area contributed by atoms with E-state index < -0.39 is 35.4 Å². The molecule has 0 spiro atoms. The molecule has 56 heavy (non-hydrogen) atoms. The van der Waals surface area contributed by atoms with E-state index >= 15 is 0 Å². The zero-order valence-electron chi connectivity index (χ0n) is 30.8. The molecular formula is C43H42Cl2N4O7. The molecule has 2 fully saturated rings. The third kappa shape index (κ3) is 9.41. The Kier molecular flexibility index (Phi) is 12.8. The molecule has 11 nitrogen and oxygen atoms in total. The van der Waals surface area contributed by atoms with Crippen LogP contribution in [0.1, 0.15) is 61.9 Å². The maximum absolute atomic E-state index is 14.6. The molecule has 2 unspecified atom stereocenters.